The van der Waals surface area contributed by atoms with Gasteiger partial charge < -0.3 is 20.4 Å². The van der Waals surface area contributed by atoms with Crippen molar-refractivity contribution in [2.24, 2.45) is 5.73 Å². The van der Waals surface area contributed by atoms with E-state index < -0.39 is 0 Å². The van der Waals surface area contributed by atoms with E-state index in [9.17, 15) is 9.59 Å². The van der Waals surface area contributed by atoms with Gasteiger partial charge >= 0.3 is 0 Å². The van der Waals surface area contributed by atoms with Crippen molar-refractivity contribution in [1.82, 2.24) is 14.7 Å². The summed E-state index contributed by atoms with van der Waals surface area (Å²) in [6.45, 7) is 5.98. The molecule has 7 heteroatoms. The first kappa shape index (κ1) is 17.2. The maximum absolute atomic E-state index is 12.4. The van der Waals surface area contributed by atoms with Crippen LogP contribution < -0.4 is 5.73 Å². The molecule has 3 aliphatic heterocycles. The van der Waals surface area contributed by atoms with Gasteiger partial charge in [-0.15, -0.1) is 12.6 Å². The fourth-order valence-corrected chi connectivity index (χ4v) is 3.21. The maximum atomic E-state index is 12.4. The number of nitrogens with two attached hydrogens (primary N) is 1. The summed E-state index contributed by atoms with van der Waals surface area (Å²) < 4.78 is 0. The molecule has 0 spiro atoms. The SMILES string of the molecule is NCc1ccccc1S.O=C1C=C(N2CC2)C(=O)C(N2CC2)=C1N1CC1. The van der Waals surface area contributed by atoms with Gasteiger partial charge in [0.1, 0.15) is 11.4 Å². The Kier molecular flexibility index (Phi) is 4.50. The molecule has 0 radical (unpaired) electrons. The number of hydrogen-bond acceptors (Lipinski definition) is 7. The summed E-state index contributed by atoms with van der Waals surface area (Å²) in [5, 5.41) is 0. The predicted octanol–water partition coefficient (Wildman–Crippen LogP) is 0.614. The van der Waals surface area contributed by atoms with Gasteiger partial charge in [-0.2, -0.15) is 0 Å². The van der Waals surface area contributed by atoms with E-state index in [1.54, 1.807) is 0 Å². The van der Waals surface area contributed by atoms with Gasteiger partial charge in [0, 0.05) is 56.8 Å². The van der Waals surface area contributed by atoms with Crippen LogP contribution in [0, 0.1) is 0 Å². The van der Waals surface area contributed by atoms with E-state index in [1.807, 2.05) is 39.0 Å². The molecule has 136 valence electrons. The topological polar surface area (TPSA) is 69.2 Å². The Morgan fingerprint density at radius 1 is 0.885 bits per heavy atom. The lowest BCUT2D eigenvalue weighted by Crippen LogP contribution is -2.29. The normalized spacial score (nSPS) is 20.7. The van der Waals surface area contributed by atoms with Gasteiger partial charge in [-0.1, -0.05) is 18.2 Å². The van der Waals surface area contributed by atoms with E-state index in [-0.39, 0.29) is 11.6 Å². The number of thiol groups is 1. The lowest BCUT2D eigenvalue weighted by atomic mass is 10.0. The predicted molar refractivity (Wildman–Crippen MR) is 101 cm³/mol. The molecule has 3 saturated heterocycles. The number of allylic oxidation sites excluding steroid dienone is 1. The molecule has 26 heavy (non-hydrogen) atoms. The summed E-state index contributed by atoms with van der Waals surface area (Å²) in [5.41, 5.74) is 8.39. The number of Topliss-reactive ketones (excluding diaryl/α,β-unsaturated/α-hetero) is 1. The van der Waals surface area contributed by atoms with Crippen LogP contribution in [0.1, 0.15) is 5.56 Å². The Bertz CT molecular complexity index is 821. The maximum Gasteiger partial charge on any atom is 0.227 e. The minimum absolute atomic E-state index is 0.00546. The average Bonchev–Trinajstić information content (AvgIpc) is 3.50. The quantitative estimate of drug-likeness (QED) is 0.460. The third kappa shape index (κ3) is 3.50. The highest BCUT2D eigenvalue weighted by molar-refractivity contribution is 7.80. The molecule has 0 amide bonds. The first-order valence-corrected chi connectivity index (χ1v) is 9.31. The zero-order valence-electron chi connectivity index (χ0n) is 14.5. The molecule has 0 aromatic heterocycles. The molecule has 0 bridgehead atoms. The third-order valence-corrected chi connectivity index (χ3v) is 5.14. The third-order valence-electron chi connectivity index (χ3n) is 4.70. The number of carbonyl (C=O) groups is 2. The van der Waals surface area contributed by atoms with Crippen molar-refractivity contribution in [1.29, 1.82) is 0 Å². The Morgan fingerprint density at radius 3 is 1.96 bits per heavy atom. The van der Waals surface area contributed by atoms with Crippen molar-refractivity contribution in [3.8, 4) is 0 Å². The smallest absolute Gasteiger partial charge is 0.227 e. The summed E-state index contributed by atoms with van der Waals surface area (Å²) in [4.78, 5) is 31.4. The Morgan fingerprint density at radius 2 is 1.46 bits per heavy atom. The van der Waals surface area contributed by atoms with E-state index in [2.05, 4.69) is 12.6 Å². The second-order valence-corrected chi connectivity index (χ2v) is 7.20. The molecular weight excluding hydrogens is 348 g/mol. The summed E-state index contributed by atoms with van der Waals surface area (Å²) in [5.74, 6) is 0.0485. The number of nitrogens with zero attached hydrogens (tertiary/aromatic N) is 3. The van der Waals surface area contributed by atoms with Gasteiger partial charge in [-0.25, -0.2) is 0 Å². The monoisotopic (exact) mass is 370 g/mol. The summed E-state index contributed by atoms with van der Waals surface area (Å²) >= 11 is 4.20. The molecule has 0 atom stereocenters. The molecule has 2 N–H and O–H groups in total. The van der Waals surface area contributed by atoms with E-state index in [1.165, 1.54) is 6.08 Å². The molecule has 1 aliphatic carbocycles. The van der Waals surface area contributed by atoms with Gasteiger partial charge in [0.2, 0.25) is 11.6 Å². The van der Waals surface area contributed by atoms with Gasteiger partial charge in [0.25, 0.3) is 0 Å². The van der Waals surface area contributed by atoms with E-state index in [0.717, 1.165) is 49.7 Å². The molecule has 5 rings (SSSR count). The lowest BCUT2D eigenvalue weighted by Gasteiger charge is -2.21. The van der Waals surface area contributed by atoms with Crippen LogP contribution in [-0.4, -0.2) is 65.5 Å². The molecule has 1 aromatic carbocycles. The van der Waals surface area contributed by atoms with E-state index in [0.29, 0.717) is 23.6 Å². The second-order valence-electron chi connectivity index (χ2n) is 6.71. The lowest BCUT2D eigenvalue weighted by molar-refractivity contribution is -0.117. The Labute approximate surface area is 158 Å². The summed E-state index contributed by atoms with van der Waals surface area (Å²) in [6.07, 6.45) is 1.52. The van der Waals surface area contributed by atoms with Crippen LogP contribution >= 0.6 is 12.6 Å². The molecule has 0 unspecified atom stereocenters. The minimum Gasteiger partial charge on any atom is -0.365 e. The first-order valence-electron chi connectivity index (χ1n) is 8.87. The highest BCUT2D eigenvalue weighted by atomic mass is 32.1. The molecular formula is C19H22N4O2S. The fraction of sp³-hybridized carbons (Fsp3) is 0.368. The van der Waals surface area contributed by atoms with Crippen molar-refractivity contribution >= 4 is 24.2 Å². The fourth-order valence-electron chi connectivity index (χ4n) is 2.96. The van der Waals surface area contributed by atoms with Crippen LogP contribution in [0.5, 0.6) is 0 Å². The number of rotatable bonds is 4. The second kappa shape index (κ2) is 6.81. The van der Waals surface area contributed by atoms with Crippen molar-refractivity contribution in [3.05, 3.63) is 53.0 Å². The van der Waals surface area contributed by atoms with Crippen LogP contribution in [0.15, 0.2) is 52.3 Å². The average molecular weight is 370 g/mol. The van der Waals surface area contributed by atoms with Gasteiger partial charge in [-0.3, -0.25) is 9.59 Å². The Hall–Kier alpha value is -2.25. The molecule has 0 saturated carbocycles. The Balaban J connectivity index is 0.000000160. The number of hydrogen-bond donors (Lipinski definition) is 2. The minimum atomic E-state index is 0.00546. The van der Waals surface area contributed by atoms with Crippen molar-refractivity contribution in [3.63, 3.8) is 0 Å². The number of benzene rings is 1. The van der Waals surface area contributed by atoms with Crippen LogP contribution in [0.3, 0.4) is 0 Å². The molecule has 1 aromatic rings. The summed E-state index contributed by atoms with van der Waals surface area (Å²) in [7, 11) is 0. The van der Waals surface area contributed by atoms with Crippen LogP contribution in [-0.2, 0) is 16.1 Å². The van der Waals surface area contributed by atoms with Crippen molar-refractivity contribution < 1.29 is 9.59 Å². The van der Waals surface area contributed by atoms with Gasteiger partial charge in [0.15, 0.2) is 0 Å². The van der Waals surface area contributed by atoms with Gasteiger partial charge in [-0.05, 0) is 11.6 Å². The van der Waals surface area contributed by atoms with Crippen LogP contribution in [0.25, 0.3) is 0 Å². The highest BCUT2D eigenvalue weighted by Gasteiger charge is 2.43. The molecule has 3 fully saturated rings. The van der Waals surface area contributed by atoms with Crippen molar-refractivity contribution in [2.75, 3.05) is 39.3 Å². The van der Waals surface area contributed by atoms with E-state index >= 15 is 0 Å². The van der Waals surface area contributed by atoms with Crippen molar-refractivity contribution in [2.45, 2.75) is 11.4 Å². The zero-order chi connectivity index (χ0) is 18.3. The zero-order valence-corrected chi connectivity index (χ0v) is 15.4. The van der Waals surface area contributed by atoms with Gasteiger partial charge in [0.05, 0.1) is 5.70 Å². The largest absolute Gasteiger partial charge is 0.365 e. The number of ketones is 2. The molecule has 4 aliphatic rings. The highest BCUT2D eigenvalue weighted by Crippen LogP contribution is 2.33. The van der Waals surface area contributed by atoms with E-state index in [4.69, 9.17) is 5.73 Å². The molecule has 3 heterocycles. The van der Waals surface area contributed by atoms with Crippen LogP contribution in [0.2, 0.25) is 0 Å². The summed E-state index contributed by atoms with van der Waals surface area (Å²) in [6, 6.07) is 7.82. The first-order chi connectivity index (χ1) is 12.6. The standard InChI is InChI=1S/C12H13N3O2.C7H9NS/c16-9-7-8(13-1-2-13)12(17)11(15-5-6-15)10(9)14-3-4-14;8-5-6-3-1-2-4-7(6)9/h7H,1-6H2;1-4,9H,5,8H2. The van der Waals surface area contributed by atoms with Crippen LogP contribution in [0.4, 0.5) is 0 Å². The molecule has 6 nitrogen and oxygen atoms in total. The number of carbonyl (C=O) groups excluding carboxylic acids is 2.